The van der Waals surface area contributed by atoms with Crippen molar-refractivity contribution in [3.05, 3.63) is 52.6 Å². The van der Waals surface area contributed by atoms with Crippen molar-refractivity contribution < 1.29 is 23.8 Å². The zero-order valence-corrected chi connectivity index (χ0v) is 15.8. The fourth-order valence-corrected chi connectivity index (χ4v) is 3.04. The van der Waals surface area contributed by atoms with Crippen molar-refractivity contribution in [1.29, 1.82) is 0 Å². The number of amides is 2. The van der Waals surface area contributed by atoms with Crippen LogP contribution in [0.4, 0.5) is 0 Å². The first-order chi connectivity index (χ1) is 13.5. The number of hydrogen-bond donors (Lipinski definition) is 3. The number of carbonyl (C=O) groups excluding carboxylic acids is 2. The summed E-state index contributed by atoms with van der Waals surface area (Å²) < 4.78 is 15.9. The van der Waals surface area contributed by atoms with E-state index in [0.29, 0.717) is 12.1 Å². The van der Waals surface area contributed by atoms with Gasteiger partial charge in [0, 0.05) is 25.2 Å². The molecule has 0 bridgehead atoms. The summed E-state index contributed by atoms with van der Waals surface area (Å²) in [5.74, 6) is -0.151. The van der Waals surface area contributed by atoms with Crippen LogP contribution < -0.4 is 30.6 Å². The highest BCUT2D eigenvalue weighted by atomic mass is 16.5. The molecule has 3 rings (SSSR count). The van der Waals surface area contributed by atoms with E-state index < -0.39 is 5.91 Å². The molecule has 0 spiro atoms. The average Bonchev–Trinajstić information content (AvgIpc) is 3.17. The Bertz CT molecular complexity index is 872. The first-order valence-electron chi connectivity index (χ1n) is 8.78. The van der Waals surface area contributed by atoms with Crippen molar-refractivity contribution >= 4 is 11.8 Å². The van der Waals surface area contributed by atoms with E-state index in [1.54, 1.807) is 0 Å². The molecule has 148 valence electrons. The maximum absolute atomic E-state index is 12.6. The molecule has 2 aromatic carbocycles. The van der Waals surface area contributed by atoms with Crippen LogP contribution in [0.1, 0.15) is 27.0 Å². The van der Waals surface area contributed by atoms with Crippen LogP contribution in [0.15, 0.2) is 30.3 Å². The first kappa shape index (κ1) is 19.5. The van der Waals surface area contributed by atoms with Crippen molar-refractivity contribution in [2.75, 3.05) is 20.8 Å². The molecule has 0 atom stereocenters. The summed E-state index contributed by atoms with van der Waals surface area (Å²) in [7, 11) is 2.87. The van der Waals surface area contributed by atoms with Gasteiger partial charge in [-0.05, 0) is 28.8 Å². The fourth-order valence-electron chi connectivity index (χ4n) is 3.04. The van der Waals surface area contributed by atoms with Crippen LogP contribution in [0, 0.1) is 0 Å². The number of benzene rings is 2. The van der Waals surface area contributed by atoms with E-state index in [1.807, 2.05) is 6.07 Å². The minimum Gasteiger partial charge on any atom is -0.493 e. The van der Waals surface area contributed by atoms with E-state index in [9.17, 15) is 9.59 Å². The molecule has 1 heterocycles. The standard InChI is InChI=1S/C20H23N3O5/c1-26-16-6-14(7-17(27-2)19(16)28-11-18(21)24)20(25)23-8-12-3-4-13-9-22-10-15(13)5-12/h3-7,22H,8-11H2,1-2H3,(H2,21,24)(H,23,25). The number of fused-ring (bicyclic) bond motifs is 1. The summed E-state index contributed by atoms with van der Waals surface area (Å²) in [5, 5.41) is 6.19. The van der Waals surface area contributed by atoms with Crippen LogP contribution in [0.3, 0.4) is 0 Å². The molecule has 0 radical (unpaired) electrons. The zero-order chi connectivity index (χ0) is 20.1. The second kappa shape index (κ2) is 8.62. The summed E-state index contributed by atoms with van der Waals surface area (Å²) in [6.45, 7) is 1.80. The maximum atomic E-state index is 12.6. The Morgan fingerprint density at radius 2 is 1.75 bits per heavy atom. The topological polar surface area (TPSA) is 112 Å². The van der Waals surface area contributed by atoms with E-state index in [2.05, 4.69) is 22.8 Å². The summed E-state index contributed by atoms with van der Waals surface area (Å²) >= 11 is 0. The highest BCUT2D eigenvalue weighted by molar-refractivity contribution is 5.95. The Balaban J connectivity index is 1.74. The van der Waals surface area contributed by atoms with Crippen LogP contribution in [-0.2, 0) is 24.4 Å². The van der Waals surface area contributed by atoms with Gasteiger partial charge in [0.1, 0.15) is 0 Å². The van der Waals surface area contributed by atoms with Gasteiger partial charge in [-0.3, -0.25) is 9.59 Å². The molecular formula is C20H23N3O5. The van der Waals surface area contributed by atoms with Gasteiger partial charge in [0.05, 0.1) is 14.2 Å². The molecule has 0 aromatic heterocycles. The number of carbonyl (C=O) groups is 2. The van der Waals surface area contributed by atoms with Crippen LogP contribution in [0.25, 0.3) is 0 Å². The van der Waals surface area contributed by atoms with Crippen LogP contribution >= 0.6 is 0 Å². The molecule has 2 aromatic rings. The Kier molecular flexibility index (Phi) is 6.00. The number of primary amides is 1. The Hall–Kier alpha value is -3.26. The summed E-state index contributed by atoms with van der Waals surface area (Å²) in [5.41, 5.74) is 9.03. The molecule has 2 amide bonds. The van der Waals surface area contributed by atoms with Gasteiger partial charge in [-0.2, -0.15) is 0 Å². The molecular weight excluding hydrogens is 362 g/mol. The molecule has 1 aliphatic rings. The summed E-state index contributed by atoms with van der Waals surface area (Å²) in [4.78, 5) is 23.6. The van der Waals surface area contributed by atoms with Crippen LogP contribution in [0.2, 0.25) is 0 Å². The minimum atomic E-state index is -0.629. The van der Waals surface area contributed by atoms with Crippen molar-refractivity contribution in [3.8, 4) is 17.2 Å². The van der Waals surface area contributed by atoms with Gasteiger partial charge in [0.15, 0.2) is 18.1 Å². The Morgan fingerprint density at radius 3 is 2.39 bits per heavy atom. The smallest absolute Gasteiger partial charge is 0.255 e. The van der Waals surface area contributed by atoms with Gasteiger partial charge in [-0.25, -0.2) is 0 Å². The molecule has 0 saturated carbocycles. The molecule has 1 aliphatic heterocycles. The zero-order valence-electron chi connectivity index (χ0n) is 15.8. The quantitative estimate of drug-likeness (QED) is 0.627. The van der Waals surface area contributed by atoms with Gasteiger partial charge in [-0.1, -0.05) is 18.2 Å². The monoisotopic (exact) mass is 385 g/mol. The SMILES string of the molecule is COc1cc(C(=O)NCc2ccc3c(c2)CNC3)cc(OC)c1OCC(N)=O. The third-order valence-electron chi connectivity index (χ3n) is 4.44. The number of hydrogen-bond acceptors (Lipinski definition) is 6. The van der Waals surface area contributed by atoms with Gasteiger partial charge >= 0.3 is 0 Å². The second-order valence-electron chi connectivity index (χ2n) is 6.35. The van der Waals surface area contributed by atoms with Gasteiger partial charge in [-0.15, -0.1) is 0 Å². The summed E-state index contributed by atoms with van der Waals surface area (Å²) in [6.07, 6.45) is 0. The van der Waals surface area contributed by atoms with Crippen molar-refractivity contribution in [2.45, 2.75) is 19.6 Å². The van der Waals surface area contributed by atoms with Crippen molar-refractivity contribution in [1.82, 2.24) is 10.6 Å². The highest BCUT2D eigenvalue weighted by Gasteiger charge is 2.18. The Labute approximate surface area is 163 Å². The number of rotatable bonds is 8. The minimum absolute atomic E-state index is 0.214. The van der Waals surface area contributed by atoms with E-state index in [1.165, 1.54) is 37.5 Å². The maximum Gasteiger partial charge on any atom is 0.255 e. The number of methoxy groups -OCH3 is 2. The third kappa shape index (κ3) is 4.34. The fraction of sp³-hybridized carbons (Fsp3) is 0.300. The largest absolute Gasteiger partial charge is 0.493 e. The van der Waals surface area contributed by atoms with Crippen LogP contribution in [0.5, 0.6) is 17.2 Å². The van der Waals surface area contributed by atoms with E-state index in [4.69, 9.17) is 19.9 Å². The molecule has 8 heteroatoms. The van der Waals surface area contributed by atoms with Crippen molar-refractivity contribution in [2.24, 2.45) is 5.73 Å². The Morgan fingerprint density at radius 1 is 1.07 bits per heavy atom. The van der Waals surface area contributed by atoms with Crippen LogP contribution in [-0.4, -0.2) is 32.6 Å². The molecule has 28 heavy (non-hydrogen) atoms. The summed E-state index contributed by atoms with van der Waals surface area (Å²) in [6, 6.07) is 9.24. The van der Waals surface area contributed by atoms with Gasteiger partial charge in [0.25, 0.3) is 11.8 Å². The number of ether oxygens (including phenoxy) is 3. The molecule has 8 nitrogen and oxygen atoms in total. The van der Waals surface area contributed by atoms with Gasteiger partial charge in [0.2, 0.25) is 5.75 Å². The number of nitrogens with two attached hydrogens (primary N) is 1. The molecule has 0 fully saturated rings. The third-order valence-corrected chi connectivity index (χ3v) is 4.44. The van der Waals surface area contributed by atoms with E-state index in [0.717, 1.165) is 18.7 Å². The van der Waals surface area contributed by atoms with E-state index in [-0.39, 0.29) is 29.8 Å². The molecule has 0 saturated heterocycles. The first-order valence-corrected chi connectivity index (χ1v) is 8.78. The van der Waals surface area contributed by atoms with Crippen molar-refractivity contribution in [3.63, 3.8) is 0 Å². The highest BCUT2D eigenvalue weighted by Crippen LogP contribution is 2.38. The molecule has 0 aliphatic carbocycles. The normalized spacial score (nSPS) is 12.2. The average molecular weight is 385 g/mol. The van der Waals surface area contributed by atoms with Gasteiger partial charge < -0.3 is 30.6 Å². The van der Waals surface area contributed by atoms with E-state index >= 15 is 0 Å². The predicted octanol–water partition coefficient (Wildman–Crippen LogP) is 1.10. The lowest BCUT2D eigenvalue weighted by molar-refractivity contribution is -0.120. The lowest BCUT2D eigenvalue weighted by Gasteiger charge is -2.15. The lowest BCUT2D eigenvalue weighted by Crippen LogP contribution is -2.23. The molecule has 0 unspecified atom stereocenters. The number of nitrogens with one attached hydrogen (secondary N) is 2. The molecule has 4 N–H and O–H groups in total. The predicted molar refractivity (Wildman–Crippen MR) is 102 cm³/mol. The second-order valence-corrected chi connectivity index (χ2v) is 6.35. The lowest BCUT2D eigenvalue weighted by atomic mass is 10.1.